The van der Waals surface area contributed by atoms with Crippen molar-refractivity contribution in [1.82, 2.24) is 0 Å². The van der Waals surface area contributed by atoms with Gasteiger partial charge in [-0.2, -0.15) is 0 Å². The number of hydrogen-bond acceptors (Lipinski definition) is 4. The first kappa shape index (κ1) is 19.0. The van der Waals surface area contributed by atoms with E-state index in [4.69, 9.17) is 21.6 Å². The van der Waals surface area contributed by atoms with Crippen LogP contribution in [0, 0.1) is 12.3 Å². The molecule has 6 N–H and O–H groups in total. The second-order valence-electron chi connectivity index (χ2n) is 6.37. The molecule has 0 spiro atoms. The van der Waals surface area contributed by atoms with Crippen LogP contribution in [0.15, 0.2) is 66.7 Å². The van der Waals surface area contributed by atoms with E-state index < -0.39 is 0 Å². The lowest BCUT2D eigenvalue weighted by molar-refractivity contribution is 0.102. The molecule has 3 aromatic carbocycles. The molecule has 28 heavy (non-hydrogen) atoms. The number of carbonyl (C=O) groups is 1. The van der Waals surface area contributed by atoms with E-state index in [1.165, 1.54) is 0 Å². The van der Waals surface area contributed by atoms with Crippen molar-refractivity contribution < 1.29 is 9.53 Å². The normalized spacial score (nSPS) is 10.3. The molecule has 3 aromatic rings. The highest BCUT2D eigenvalue weighted by Gasteiger charge is 2.15. The number of nitrogens with two attached hydrogens (primary N) is 2. The van der Waals surface area contributed by atoms with E-state index in [2.05, 4.69) is 5.32 Å². The summed E-state index contributed by atoms with van der Waals surface area (Å²) in [4.78, 5) is 12.8. The Morgan fingerprint density at radius 3 is 2.54 bits per heavy atom. The van der Waals surface area contributed by atoms with Gasteiger partial charge in [-0.3, -0.25) is 10.2 Å². The molecule has 0 aliphatic carbocycles. The molecule has 6 heteroatoms. The van der Waals surface area contributed by atoms with Gasteiger partial charge in [0.05, 0.1) is 5.69 Å². The second-order valence-corrected chi connectivity index (χ2v) is 6.37. The van der Waals surface area contributed by atoms with E-state index in [1.54, 1.807) is 43.3 Å². The zero-order valence-corrected chi connectivity index (χ0v) is 15.5. The molecule has 0 saturated carbocycles. The topological polar surface area (TPSA) is 114 Å². The van der Waals surface area contributed by atoms with E-state index in [9.17, 15) is 4.79 Å². The minimum absolute atomic E-state index is 0.0924. The Morgan fingerprint density at radius 2 is 1.82 bits per heavy atom. The van der Waals surface area contributed by atoms with Crippen molar-refractivity contribution in [1.29, 1.82) is 5.41 Å². The molecule has 0 heterocycles. The number of nitrogen functional groups attached to an aromatic ring is 2. The first-order valence-electron chi connectivity index (χ1n) is 8.77. The Hall–Kier alpha value is -3.80. The third-order valence-corrected chi connectivity index (χ3v) is 4.40. The minimum atomic E-state index is -0.310. The van der Waals surface area contributed by atoms with Crippen molar-refractivity contribution >= 4 is 23.1 Å². The average molecular weight is 374 g/mol. The van der Waals surface area contributed by atoms with Gasteiger partial charge in [0, 0.05) is 16.8 Å². The van der Waals surface area contributed by atoms with Crippen LogP contribution in [-0.2, 0) is 6.61 Å². The van der Waals surface area contributed by atoms with Crippen molar-refractivity contribution in [3.8, 4) is 5.75 Å². The lowest BCUT2D eigenvalue weighted by Crippen LogP contribution is -2.17. The molecule has 0 fully saturated rings. The van der Waals surface area contributed by atoms with E-state index in [1.807, 2.05) is 30.3 Å². The van der Waals surface area contributed by atoms with Gasteiger partial charge in [0.15, 0.2) is 0 Å². The first-order valence-corrected chi connectivity index (χ1v) is 8.77. The average Bonchev–Trinajstić information content (AvgIpc) is 2.69. The molecule has 3 rings (SSSR count). The summed E-state index contributed by atoms with van der Waals surface area (Å²) in [5, 5.41) is 10.5. The van der Waals surface area contributed by atoms with Crippen molar-refractivity contribution in [2.45, 2.75) is 13.5 Å². The lowest BCUT2D eigenvalue weighted by atomic mass is 10.1. The van der Waals surface area contributed by atoms with Crippen LogP contribution in [0.3, 0.4) is 0 Å². The Morgan fingerprint density at radius 1 is 1.07 bits per heavy atom. The monoisotopic (exact) mass is 374 g/mol. The maximum absolute atomic E-state index is 12.8. The highest BCUT2D eigenvalue weighted by atomic mass is 16.5. The molecule has 6 nitrogen and oxygen atoms in total. The summed E-state index contributed by atoms with van der Waals surface area (Å²) in [5.74, 6) is 0.0871. The number of ether oxygens (including phenoxy) is 1. The SMILES string of the molecule is Cc1c(N)cccc1C(=O)Nc1cc(C(=N)N)ccc1OCc1ccccc1. The highest BCUT2D eigenvalue weighted by Crippen LogP contribution is 2.28. The van der Waals surface area contributed by atoms with Gasteiger partial charge >= 0.3 is 0 Å². The standard InChI is InChI=1S/C22H22N4O2/c1-14-17(8-5-9-18(14)23)22(27)26-19-12-16(21(24)25)10-11-20(19)28-13-15-6-3-2-4-7-15/h2-12H,13,23H2,1H3,(H3,24,25)(H,26,27). The van der Waals surface area contributed by atoms with E-state index in [-0.39, 0.29) is 11.7 Å². The van der Waals surface area contributed by atoms with Crippen LogP contribution >= 0.6 is 0 Å². The summed E-state index contributed by atoms with van der Waals surface area (Å²) in [5.41, 5.74) is 15.2. The molecular formula is C22H22N4O2. The zero-order chi connectivity index (χ0) is 20.1. The van der Waals surface area contributed by atoms with E-state index in [0.717, 1.165) is 5.56 Å². The summed E-state index contributed by atoms with van der Waals surface area (Å²) < 4.78 is 5.90. The highest BCUT2D eigenvalue weighted by molar-refractivity contribution is 6.07. The van der Waals surface area contributed by atoms with E-state index in [0.29, 0.717) is 40.4 Å². The molecule has 0 bridgehead atoms. The van der Waals surface area contributed by atoms with Crippen molar-refractivity contribution in [2.24, 2.45) is 5.73 Å². The smallest absolute Gasteiger partial charge is 0.256 e. The Kier molecular flexibility index (Phi) is 5.60. The molecule has 0 aromatic heterocycles. The third-order valence-electron chi connectivity index (χ3n) is 4.40. The molecule has 0 saturated heterocycles. The Balaban J connectivity index is 1.88. The summed E-state index contributed by atoms with van der Waals surface area (Å²) in [6.07, 6.45) is 0. The summed E-state index contributed by atoms with van der Waals surface area (Å²) in [7, 11) is 0. The minimum Gasteiger partial charge on any atom is -0.487 e. The number of hydrogen-bond donors (Lipinski definition) is 4. The van der Waals surface area contributed by atoms with Gasteiger partial charge < -0.3 is 21.5 Å². The van der Waals surface area contributed by atoms with Gasteiger partial charge in [-0.25, -0.2) is 0 Å². The number of carbonyl (C=O) groups excluding carboxylic acids is 1. The zero-order valence-electron chi connectivity index (χ0n) is 15.5. The predicted octanol–water partition coefficient (Wildman–Crippen LogP) is 3.69. The van der Waals surface area contributed by atoms with Crippen molar-refractivity contribution in [3.05, 3.63) is 89.0 Å². The molecule has 142 valence electrons. The van der Waals surface area contributed by atoms with Gasteiger partial charge in [-0.15, -0.1) is 0 Å². The molecule has 0 radical (unpaired) electrons. The second kappa shape index (κ2) is 8.26. The number of rotatable bonds is 6. The van der Waals surface area contributed by atoms with Gasteiger partial charge in [0.1, 0.15) is 18.2 Å². The van der Waals surface area contributed by atoms with Crippen LogP contribution in [0.5, 0.6) is 5.75 Å². The summed E-state index contributed by atoms with van der Waals surface area (Å²) in [6.45, 7) is 2.14. The molecule has 0 aliphatic heterocycles. The van der Waals surface area contributed by atoms with E-state index >= 15 is 0 Å². The maximum Gasteiger partial charge on any atom is 0.256 e. The number of amides is 1. The number of nitrogens with one attached hydrogen (secondary N) is 2. The van der Waals surface area contributed by atoms with Crippen LogP contribution < -0.4 is 21.5 Å². The van der Waals surface area contributed by atoms with Crippen LogP contribution in [0.25, 0.3) is 0 Å². The summed E-state index contributed by atoms with van der Waals surface area (Å²) in [6, 6.07) is 19.9. The fourth-order valence-corrected chi connectivity index (χ4v) is 2.75. The molecule has 0 unspecified atom stereocenters. The molecular weight excluding hydrogens is 352 g/mol. The Bertz CT molecular complexity index is 1020. The third kappa shape index (κ3) is 4.29. The molecule has 1 amide bonds. The molecule has 0 aliphatic rings. The van der Waals surface area contributed by atoms with Crippen LogP contribution in [0.2, 0.25) is 0 Å². The Labute approximate surface area is 163 Å². The predicted molar refractivity (Wildman–Crippen MR) is 112 cm³/mol. The fraction of sp³-hybridized carbons (Fsp3) is 0.0909. The number of benzene rings is 3. The van der Waals surface area contributed by atoms with Gasteiger partial charge in [-0.1, -0.05) is 36.4 Å². The van der Waals surface area contributed by atoms with Crippen LogP contribution in [-0.4, -0.2) is 11.7 Å². The summed E-state index contributed by atoms with van der Waals surface area (Å²) >= 11 is 0. The maximum atomic E-state index is 12.8. The quantitative estimate of drug-likeness (QED) is 0.299. The van der Waals surface area contributed by atoms with Gasteiger partial charge in [-0.05, 0) is 48.4 Å². The number of anilines is 2. The van der Waals surface area contributed by atoms with Gasteiger partial charge in [0.25, 0.3) is 5.91 Å². The lowest BCUT2D eigenvalue weighted by Gasteiger charge is -2.15. The fourth-order valence-electron chi connectivity index (χ4n) is 2.75. The first-order chi connectivity index (χ1) is 13.5. The number of amidine groups is 1. The van der Waals surface area contributed by atoms with Gasteiger partial charge in [0.2, 0.25) is 0 Å². The largest absolute Gasteiger partial charge is 0.487 e. The van der Waals surface area contributed by atoms with Crippen molar-refractivity contribution in [2.75, 3.05) is 11.1 Å². The van der Waals surface area contributed by atoms with Crippen molar-refractivity contribution in [3.63, 3.8) is 0 Å². The van der Waals surface area contributed by atoms with Crippen LogP contribution in [0.4, 0.5) is 11.4 Å². The molecule has 0 atom stereocenters. The van der Waals surface area contributed by atoms with Crippen LogP contribution in [0.1, 0.15) is 27.0 Å².